The Balaban J connectivity index is 2.41. The van der Waals surface area contributed by atoms with Gasteiger partial charge in [0.05, 0.1) is 22.3 Å². The van der Waals surface area contributed by atoms with E-state index in [2.05, 4.69) is 5.10 Å². The molecule has 1 heterocycles. The second-order valence-corrected chi connectivity index (χ2v) is 4.29. The van der Waals surface area contributed by atoms with Gasteiger partial charge in [-0.05, 0) is 25.7 Å². The minimum Gasteiger partial charge on any atom is -0.303 e. The van der Waals surface area contributed by atoms with Crippen LogP contribution in [0.3, 0.4) is 0 Å². The highest BCUT2D eigenvalue weighted by atomic mass is 35.5. The van der Waals surface area contributed by atoms with Gasteiger partial charge in [-0.2, -0.15) is 5.10 Å². The van der Waals surface area contributed by atoms with E-state index in [-0.39, 0.29) is 5.92 Å². The van der Waals surface area contributed by atoms with Gasteiger partial charge in [0.15, 0.2) is 0 Å². The summed E-state index contributed by atoms with van der Waals surface area (Å²) in [7, 11) is 1.84. The van der Waals surface area contributed by atoms with Crippen LogP contribution in [0.2, 0.25) is 5.02 Å². The minimum absolute atomic E-state index is 0.0614. The van der Waals surface area contributed by atoms with Crippen LogP contribution in [-0.4, -0.2) is 16.1 Å². The maximum absolute atomic E-state index is 11.0. The van der Waals surface area contributed by atoms with Gasteiger partial charge in [-0.15, -0.1) is 0 Å². The van der Waals surface area contributed by atoms with Gasteiger partial charge in [0.1, 0.15) is 6.29 Å². The average Bonchev–Trinajstić information content (AvgIpc) is 2.91. The van der Waals surface area contributed by atoms with Crippen molar-refractivity contribution in [2.24, 2.45) is 13.0 Å². The fraction of sp³-hybridized carbons (Fsp3) is 0.600. The summed E-state index contributed by atoms with van der Waals surface area (Å²) in [5.74, 6) is 0.425. The molecule has 1 fully saturated rings. The molecule has 1 aromatic rings. The Labute approximate surface area is 88.1 Å². The van der Waals surface area contributed by atoms with E-state index in [1.807, 2.05) is 14.0 Å². The SMILES string of the molecule is Cc1nn(C)c(C(C=O)C2CC2)c1Cl. The topological polar surface area (TPSA) is 34.9 Å². The fourth-order valence-corrected chi connectivity index (χ4v) is 2.15. The lowest BCUT2D eigenvalue weighted by Gasteiger charge is -2.09. The van der Waals surface area contributed by atoms with E-state index >= 15 is 0 Å². The molecule has 1 atom stereocenters. The van der Waals surface area contributed by atoms with Crippen molar-refractivity contribution >= 4 is 17.9 Å². The van der Waals surface area contributed by atoms with Gasteiger partial charge in [0.2, 0.25) is 0 Å². The summed E-state index contributed by atoms with van der Waals surface area (Å²) >= 11 is 6.12. The molecule has 1 aromatic heterocycles. The Kier molecular flexibility index (Phi) is 2.35. The summed E-state index contributed by atoms with van der Waals surface area (Å²) in [6, 6.07) is 0. The molecule has 1 aliphatic rings. The first kappa shape index (κ1) is 9.71. The Morgan fingerprint density at radius 2 is 2.29 bits per heavy atom. The Bertz CT molecular complexity index is 368. The number of carbonyl (C=O) groups excluding carboxylic acids is 1. The lowest BCUT2D eigenvalue weighted by Crippen LogP contribution is -2.09. The molecular weight excluding hydrogens is 200 g/mol. The number of hydrogen-bond donors (Lipinski definition) is 0. The third-order valence-electron chi connectivity index (χ3n) is 2.78. The molecule has 0 bridgehead atoms. The van der Waals surface area contributed by atoms with Gasteiger partial charge in [0.25, 0.3) is 0 Å². The van der Waals surface area contributed by atoms with Crippen molar-refractivity contribution in [2.75, 3.05) is 0 Å². The average molecular weight is 213 g/mol. The van der Waals surface area contributed by atoms with E-state index in [1.165, 1.54) is 0 Å². The second-order valence-electron chi connectivity index (χ2n) is 3.91. The van der Waals surface area contributed by atoms with E-state index in [4.69, 9.17) is 11.6 Å². The molecule has 1 aliphatic carbocycles. The number of rotatable bonds is 3. The second kappa shape index (κ2) is 3.39. The standard InChI is InChI=1S/C10H13ClN2O/c1-6-9(11)10(13(2)12-6)8(5-14)7-3-4-7/h5,7-8H,3-4H2,1-2H3. The summed E-state index contributed by atoms with van der Waals surface area (Å²) in [6.45, 7) is 1.86. The molecule has 0 amide bonds. The van der Waals surface area contributed by atoms with Gasteiger partial charge in [-0.25, -0.2) is 0 Å². The minimum atomic E-state index is -0.0614. The summed E-state index contributed by atoms with van der Waals surface area (Å²) in [5.41, 5.74) is 1.68. The smallest absolute Gasteiger partial charge is 0.129 e. The summed E-state index contributed by atoms with van der Waals surface area (Å²) < 4.78 is 1.73. The molecule has 0 radical (unpaired) electrons. The Morgan fingerprint density at radius 3 is 2.64 bits per heavy atom. The van der Waals surface area contributed by atoms with Crippen LogP contribution in [0.1, 0.15) is 30.1 Å². The van der Waals surface area contributed by atoms with Crippen LogP contribution in [-0.2, 0) is 11.8 Å². The molecule has 2 rings (SSSR count). The zero-order valence-corrected chi connectivity index (χ0v) is 9.08. The molecule has 14 heavy (non-hydrogen) atoms. The zero-order chi connectivity index (χ0) is 10.3. The first-order valence-corrected chi connectivity index (χ1v) is 5.17. The van der Waals surface area contributed by atoms with Crippen LogP contribution < -0.4 is 0 Å². The monoisotopic (exact) mass is 212 g/mol. The van der Waals surface area contributed by atoms with Gasteiger partial charge in [0, 0.05) is 7.05 Å². The Hall–Kier alpha value is -0.830. The molecule has 0 N–H and O–H groups in total. The van der Waals surface area contributed by atoms with Gasteiger partial charge in [-0.3, -0.25) is 4.68 Å². The third-order valence-corrected chi connectivity index (χ3v) is 3.25. The maximum Gasteiger partial charge on any atom is 0.129 e. The van der Waals surface area contributed by atoms with Crippen LogP contribution in [0.4, 0.5) is 0 Å². The lowest BCUT2D eigenvalue weighted by molar-refractivity contribution is -0.109. The predicted molar refractivity (Wildman–Crippen MR) is 54.5 cm³/mol. The van der Waals surface area contributed by atoms with Gasteiger partial charge < -0.3 is 4.79 Å². The molecule has 76 valence electrons. The van der Waals surface area contributed by atoms with Crippen LogP contribution in [0.25, 0.3) is 0 Å². The van der Waals surface area contributed by atoms with Crippen LogP contribution in [0.15, 0.2) is 0 Å². The molecule has 0 aromatic carbocycles. The van der Waals surface area contributed by atoms with Crippen molar-refractivity contribution in [1.29, 1.82) is 0 Å². The molecule has 0 aliphatic heterocycles. The van der Waals surface area contributed by atoms with Crippen molar-refractivity contribution in [1.82, 2.24) is 9.78 Å². The summed E-state index contributed by atoms with van der Waals surface area (Å²) in [5, 5.41) is 4.86. The first-order valence-electron chi connectivity index (χ1n) is 4.79. The number of aryl methyl sites for hydroxylation is 2. The van der Waals surface area contributed by atoms with Gasteiger partial charge in [-0.1, -0.05) is 11.6 Å². The third kappa shape index (κ3) is 1.46. The molecular formula is C10H13ClN2O. The van der Waals surface area contributed by atoms with E-state index < -0.39 is 0 Å². The predicted octanol–water partition coefficient (Wildman–Crippen LogP) is 2.07. The van der Waals surface area contributed by atoms with Crippen molar-refractivity contribution < 1.29 is 4.79 Å². The maximum atomic E-state index is 11.0. The molecule has 1 saturated carbocycles. The van der Waals surface area contributed by atoms with Crippen molar-refractivity contribution in [3.05, 3.63) is 16.4 Å². The zero-order valence-electron chi connectivity index (χ0n) is 8.33. The molecule has 4 heteroatoms. The number of aromatic nitrogens is 2. The summed E-state index contributed by atoms with van der Waals surface area (Å²) in [4.78, 5) is 11.0. The normalized spacial score (nSPS) is 18.2. The number of carbonyl (C=O) groups is 1. The summed E-state index contributed by atoms with van der Waals surface area (Å²) in [6.07, 6.45) is 3.26. The lowest BCUT2D eigenvalue weighted by atomic mass is 10.0. The largest absolute Gasteiger partial charge is 0.303 e. The highest BCUT2D eigenvalue weighted by molar-refractivity contribution is 6.32. The van der Waals surface area contributed by atoms with Crippen LogP contribution in [0, 0.1) is 12.8 Å². The van der Waals surface area contributed by atoms with Crippen molar-refractivity contribution in [3.63, 3.8) is 0 Å². The number of hydrogen-bond acceptors (Lipinski definition) is 2. The van der Waals surface area contributed by atoms with Gasteiger partial charge >= 0.3 is 0 Å². The number of aldehydes is 1. The first-order chi connectivity index (χ1) is 6.65. The Morgan fingerprint density at radius 1 is 1.64 bits per heavy atom. The quantitative estimate of drug-likeness (QED) is 0.719. The van der Waals surface area contributed by atoms with E-state index in [1.54, 1.807) is 4.68 Å². The van der Waals surface area contributed by atoms with E-state index in [0.717, 1.165) is 30.5 Å². The van der Waals surface area contributed by atoms with Crippen LogP contribution in [0.5, 0.6) is 0 Å². The highest BCUT2D eigenvalue weighted by Crippen LogP contribution is 2.43. The van der Waals surface area contributed by atoms with Crippen molar-refractivity contribution in [2.45, 2.75) is 25.7 Å². The van der Waals surface area contributed by atoms with E-state index in [0.29, 0.717) is 10.9 Å². The van der Waals surface area contributed by atoms with Crippen LogP contribution >= 0.6 is 11.6 Å². The highest BCUT2D eigenvalue weighted by Gasteiger charge is 2.35. The number of nitrogens with zero attached hydrogens (tertiary/aromatic N) is 2. The van der Waals surface area contributed by atoms with E-state index in [9.17, 15) is 4.79 Å². The molecule has 1 unspecified atom stereocenters. The molecule has 0 saturated heterocycles. The number of halogens is 1. The molecule has 3 nitrogen and oxygen atoms in total. The fourth-order valence-electron chi connectivity index (χ4n) is 1.87. The van der Waals surface area contributed by atoms with Crippen molar-refractivity contribution in [3.8, 4) is 0 Å². The molecule has 0 spiro atoms.